The van der Waals surface area contributed by atoms with Gasteiger partial charge in [-0.15, -0.1) is 0 Å². The Balaban J connectivity index is 2.80. The van der Waals surface area contributed by atoms with Gasteiger partial charge in [-0.2, -0.15) is 9.98 Å². The number of nitrogens with two attached hydrogens (primary N) is 2. The van der Waals surface area contributed by atoms with Gasteiger partial charge in [-0.1, -0.05) is 26.0 Å². The smallest absolute Gasteiger partial charge is 0.342 e. The van der Waals surface area contributed by atoms with Gasteiger partial charge in [0.15, 0.2) is 12.1 Å². The fourth-order valence-corrected chi connectivity index (χ4v) is 2.28. The minimum Gasteiger partial charge on any atom is -0.507 e. The van der Waals surface area contributed by atoms with Gasteiger partial charge in [0.25, 0.3) is 11.8 Å². The summed E-state index contributed by atoms with van der Waals surface area (Å²) in [5.74, 6) is -2.89. The number of benzene rings is 1. The first-order valence-electron chi connectivity index (χ1n) is 9.65. The monoisotopic (exact) mass is 450 g/mol. The molecule has 0 radical (unpaired) electrons. The zero-order valence-electron chi connectivity index (χ0n) is 18.5. The van der Waals surface area contributed by atoms with E-state index in [-0.39, 0.29) is 36.2 Å². The highest BCUT2D eigenvalue weighted by Crippen LogP contribution is 2.26. The summed E-state index contributed by atoms with van der Waals surface area (Å²) in [6.45, 7) is 2.45. The van der Waals surface area contributed by atoms with Crippen LogP contribution < -0.4 is 16.8 Å². The van der Waals surface area contributed by atoms with Crippen molar-refractivity contribution >= 4 is 29.7 Å². The van der Waals surface area contributed by atoms with Gasteiger partial charge in [0.1, 0.15) is 11.3 Å². The number of nitrogens with one attached hydrogen (secondary N) is 1. The number of amides is 2. The number of guanidine groups is 2. The van der Waals surface area contributed by atoms with Crippen LogP contribution in [0.2, 0.25) is 0 Å². The SMILES string of the molecule is CN(C)C(N)=NC(N)=NC(=O)CCNC(=O)C(OC(=O)c1ccccc1O)C(C)(C)CO. The molecule has 1 aromatic rings. The van der Waals surface area contributed by atoms with Crippen LogP contribution in [0.5, 0.6) is 5.75 Å². The van der Waals surface area contributed by atoms with E-state index >= 15 is 0 Å². The molecule has 7 N–H and O–H groups in total. The van der Waals surface area contributed by atoms with E-state index in [1.165, 1.54) is 43.0 Å². The van der Waals surface area contributed by atoms with Crippen LogP contribution in [0.25, 0.3) is 0 Å². The normalized spacial score (nSPS) is 13.3. The van der Waals surface area contributed by atoms with Gasteiger partial charge in [0.05, 0.1) is 6.61 Å². The molecule has 0 saturated heterocycles. The molecule has 0 bridgehead atoms. The van der Waals surface area contributed by atoms with Crippen LogP contribution in [0.4, 0.5) is 0 Å². The standard InChI is InChI=1S/C20H30N6O6/c1-20(2,11-27)15(32-17(31)12-7-5-6-8-13(12)28)16(30)23-10-9-14(29)24-18(21)25-19(22)26(3)4/h5-8,15,27-28H,9-11H2,1-4H3,(H,23,30)(H4,21,22,24,25,29). The lowest BCUT2D eigenvalue weighted by molar-refractivity contribution is -0.138. The predicted molar refractivity (Wildman–Crippen MR) is 118 cm³/mol. The van der Waals surface area contributed by atoms with Crippen molar-refractivity contribution < 1.29 is 29.3 Å². The molecule has 2 amide bonds. The zero-order chi connectivity index (χ0) is 24.5. The molecule has 1 aromatic carbocycles. The lowest BCUT2D eigenvalue weighted by atomic mass is 9.86. The maximum atomic E-state index is 12.6. The zero-order valence-corrected chi connectivity index (χ0v) is 18.5. The highest BCUT2D eigenvalue weighted by Gasteiger charge is 2.38. The number of ether oxygens (including phenoxy) is 1. The molecule has 0 saturated carbocycles. The van der Waals surface area contributed by atoms with Crippen molar-refractivity contribution in [3.05, 3.63) is 29.8 Å². The summed E-state index contributed by atoms with van der Waals surface area (Å²) in [5, 5.41) is 21.9. The number of hydrogen-bond acceptors (Lipinski definition) is 6. The van der Waals surface area contributed by atoms with E-state index in [1.807, 2.05) is 0 Å². The van der Waals surface area contributed by atoms with E-state index in [0.717, 1.165) is 0 Å². The molecule has 12 nitrogen and oxygen atoms in total. The van der Waals surface area contributed by atoms with Crippen LogP contribution in [0.1, 0.15) is 30.6 Å². The van der Waals surface area contributed by atoms with Crippen molar-refractivity contribution in [2.75, 3.05) is 27.2 Å². The molecule has 12 heteroatoms. The fourth-order valence-electron chi connectivity index (χ4n) is 2.28. The molecule has 1 rings (SSSR count). The largest absolute Gasteiger partial charge is 0.507 e. The third kappa shape index (κ3) is 7.87. The number of nitrogens with zero attached hydrogens (tertiary/aromatic N) is 3. The van der Waals surface area contributed by atoms with Crippen LogP contribution in [0.15, 0.2) is 34.3 Å². The summed E-state index contributed by atoms with van der Waals surface area (Å²) in [5.41, 5.74) is 9.84. The van der Waals surface area contributed by atoms with E-state index in [0.29, 0.717) is 0 Å². The third-order valence-electron chi connectivity index (χ3n) is 4.27. The Morgan fingerprint density at radius 2 is 1.81 bits per heavy atom. The molecular formula is C20H30N6O6. The molecule has 0 aliphatic carbocycles. The Morgan fingerprint density at radius 1 is 1.19 bits per heavy atom. The number of aliphatic hydroxyl groups excluding tert-OH is 1. The first-order chi connectivity index (χ1) is 14.9. The molecule has 0 aliphatic rings. The van der Waals surface area contributed by atoms with Crippen molar-refractivity contribution in [2.24, 2.45) is 26.9 Å². The molecule has 0 aliphatic heterocycles. The lowest BCUT2D eigenvalue weighted by Gasteiger charge is -2.31. The number of aromatic hydroxyl groups is 1. The van der Waals surface area contributed by atoms with Crippen molar-refractivity contribution in [2.45, 2.75) is 26.4 Å². The van der Waals surface area contributed by atoms with Gasteiger partial charge >= 0.3 is 5.97 Å². The van der Waals surface area contributed by atoms with Crippen LogP contribution in [-0.2, 0) is 14.3 Å². The molecular weight excluding hydrogens is 420 g/mol. The van der Waals surface area contributed by atoms with Gasteiger partial charge in [-0.3, -0.25) is 9.59 Å². The predicted octanol–water partition coefficient (Wildman–Crippen LogP) is -0.840. The number of hydrogen-bond donors (Lipinski definition) is 5. The number of phenols is 1. The van der Waals surface area contributed by atoms with Gasteiger partial charge in [-0.25, -0.2) is 4.79 Å². The second-order valence-corrected chi connectivity index (χ2v) is 7.72. The molecule has 176 valence electrons. The summed E-state index contributed by atoms with van der Waals surface area (Å²) < 4.78 is 5.28. The second kappa shape index (κ2) is 11.6. The number of carbonyl (C=O) groups excluding carboxylic acids is 3. The van der Waals surface area contributed by atoms with Crippen molar-refractivity contribution in [3.63, 3.8) is 0 Å². The Kier molecular flexibility index (Phi) is 9.60. The number of aliphatic imine (C=N–C) groups is 2. The average Bonchev–Trinajstić information content (AvgIpc) is 2.71. The number of para-hydroxylation sites is 1. The highest BCUT2D eigenvalue weighted by atomic mass is 16.6. The Morgan fingerprint density at radius 3 is 2.38 bits per heavy atom. The Hall–Kier alpha value is -3.67. The summed E-state index contributed by atoms with van der Waals surface area (Å²) >= 11 is 0. The van der Waals surface area contributed by atoms with E-state index in [2.05, 4.69) is 15.3 Å². The van der Waals surface area contributed by atoms with E-state index in [9.17, 15) is 24.6 Å². The van der Waals surface area contributed by atoms with E-state index < -0.39 is 35.9 Å². The summed E-state index contributed by atoms with van der Waals surface area (Å²) in [7, 11) is 3.28. The van der Waals surface area contributed by atoms with Gasteiger partial charge in [0.2, 0.25) is 5.96 Å². The van der Waals surface area contributed by atoms with Crippen LogP contribution >= 0.6 is 0 Å². The van der Waals surface area contributed by atoms with Crippen LogP contribution in [-0.4, -0.2) is 78.2 Å². The molecule has 0 heterocycles. The first kappa shape index (κ1) is 26.4. The second-order valence-electron chi connectivity index (χ2n) is 7.72. The molecule has 32 heavy (non-hydrogen) atoms. The molecule has 0 fully saturated rings. The Labute approximate surface area is 186 Å². The Bertz CT molecular complexity index is 896. The van der Waals surface area contributed by atoms with Gasteiger partial charge in [0, 0.05) is 32.5 Å². The van der Waals surface area contributed by atoms with Gasteiger partial charge in [-0.05, 0) is 12.1 Å². The van der Waals surface area contributed by atoms with Crippen molar-refractivity contribution in [1.29, 1.82) is 0 Å². The summed E-state index contributed by atoms with van der Waals surface area (Å²) in [4.78, 5) is 45.8. The number of aliphatic hydroxyl groups is 1. The molecule has 1 atom stereocenters. The first-order valence-corrected chi connectivity index (χ1v) is 9.65. The van der Waals surface area contributed by atoms with E-state index in [4.69, 9.17) is 16.2 Å². The average molecular weight is 450 g/mol. The quantitative estimate of drug-likeness (QED) is 0.191. The molecule has 0 spiro atoms. The third-order valence-corrected chi connectivity index (χ3v) is 4.27. The molecule has 0 aromatic heterocycles. The van der Waals surface area contributed by atoms with Crippen LogP contribution in [0, 0.1) is 5.41 Å². The topological polar surface area (TPSA) is 193 Å². The van der Waals surface area contributed by atoms with Crippen molar-refractivity contribution in [3.8, 4) is 5.75 Å². The van der Waals surface area contributed by atoms with Crippen LogP contribution in [0.3, 0.4) is 0 Å². The maximum absolute atomic E-state index is 12.6. The maximum Gasteiger partial charge on any atom is 0.342 e. The summed E-state index contributed by atoms with van der Waals surface area (Å²) in [6, 6.07) is 5.69. The fraction of sp³-hybridized carbons (Fsp3) is 0.450. The number of carbonyl (C=O) groups is 3. The minimum absolute atomic E-state index is 0.0627. The molecule has 1 unspecified atom stereocenters. The number of esters is 1. The van der Waals surface area contributed by atoms with E-state index in [1.54, 1.807) is 14.1 Å². The van der Waals surface area contributed by atoms with Gasteiger partial charge < -0.3 is 36.6 Å². The minimum atomic E-state index is -1.40. The number of rotatable bonds is 8. The lowest BCUT2D eigenvalue weighted by Crippen LogP contribution is -2.48. The highest BCUT2D eigenvalue weighted by molar-refractivity contribution is 5.99. The van der Waals surface area contributed by atoms with Crippen molar-refractivity contribution in [1.82, 2.24) is 10.2 Å². The summed E-state index contributed by atoms with van der Waals surface area (Å²) in [6.07, 6.45) is -1.60. The number of phenolic OH excluding ortho intramolecular Hbond substituents is 1.